The molecule has 0 aliphatic heterocycles. The van der Waals surface area contributed by atoms with Crippen LogP contribution >= 0.6 is 0 Å². The summed E-state index contributed by atoms with van der Waals surface area (Å²) in [5.74, 6) is -0.616. The van der Waals surface area contributed by atoms with Gasteiger partial charge in [-0.05, 0) is 46.7 Å². The number of amides is 2. The molecule has 11 nitrogen and oxygen atoms in total. The molecule has 0 fully saturated rings. The first kappa shape index (κ1) is 46.8. The van der Waals surface area contributed by atoms with Crippen LogP contribution in [0, 0.1) is 5.92 Å². The molecule has 1 rings (SSSR count). The predicted octanol–water partition coefficient (Wildman–Crippen LogP) is 5.60. The molecule has 0 aliphatic rings. The number of ether oxygens (including phenoxy) is 3. The van der Waals surface area contributed by atoms with E-state index in [0.29, 0.717) is 18.0 Å². The van der Waals surface area contributed by atoms with E-state index in [0.717, 1.165) is 5.56 Å². The second kappa shape index (κ2) is 23.7. The minimum Gasteiger partial charge on any atom is -0.497 e. The minimum atomic E-state index is -1.04. The first-order chi connectivity index (χ1) is 21.3. The van der Waals surface area contributed by atoms with E-state index in [1.54, 1.807) is 34.4 Å². The van der Waals surface area contributed by atoms with Gasteiger partial charge in [-0.3, -0.25) is 14.4 Å². The largest absolute Gasteiger partial charge is 0.497 e. The zero-order valence-electron chi connectivity index (χ0n) is 31.3. The van der Waals surface area contributed by atoms with Crippen LogP contribution in [0.25, 0.3) is 0 Å². The number of carbonyl (C=O) groups is 4. The van der Waals surface area contributed by atoms with Crippen molar-refractivity contribution in [2.75, 3.05) is 34.9 Å². The van der Waals surface area contributed by atoms with Crippen LogP contribution in [0.1, 0.15) is 95.1 Å². The summed E-state index contributed by atoms with van der Waals surface area (Å²) in [6.07, 6.45) is 2.72. The van der Waals surface area contributed by atoms with Crippen molar-refractivity contribution < 1.29 is 38.5 Å². The first-order valence-corrected chi connectivity index (χ1v) is 15.8. The highest BCUT2D eigenvalue weighted by molar-refractivity contribution is 5.91. The molecule has 2 amide bonds. The first-order valence-electron chi connectivity index (χ1n) is 15.8. The third kappa shape index (κ3) is 17.2. The van der Waals surface area contributed by atoms with E-state index in [-0.39, 0.29) is 35.5 Å². The van der Waals surface area contributed by atoms with Crippen LogP contribution in [-0.4, -0.2) is 86.8 Å². The number of hydrogen-bond acceptors (Lipinski definition) is 8. The molecule has 1 aromatic rings. The van der Waals surface area contributed by atoms with Crippen LogP contribution in [0.4, 0.5) is 0 Å². The third-order valence-electron chi connectivity index (χ3n) is 6.39. The monoisotopic (exact) mass is 653 g/mol. The van der Waals surface area contributed by atoms with Gasteiger partial charge in [0.1, 0.15) is 23.1 Å². The zero-order valence-corrected chi connectivity index (χ0v) is 31.3. The lowest BCUT2D eigenvalue weighted by atomic mass is 9.76. The van der Waals surface area contributed by atoms with Crippen molar-refractivity contribution >= 4 is 24.3 Å². The molecule has 0 saturated carbocycles. The van der Waals surface area contributed by atoms with Gasteiger partial charge in [-0.1, -0.05) is 74.0 Å². The van der Waals surface area contributed by atoms with Gasteiger partial charge in [-0.25, -0.2) is 4.79 Å². The molecule has 0 spiro atoms. The molecule has 1 aromatic carbocycles. The number of rotatable bonds is 13. The van der Waals surface area contributed by atoms with Crippen molar-refractivity contribution in [3.05, 3.63) is 35.4 Å². The fourth-order valence-electron chi connectivity index (χ4n) is 3.89. The van der Waals surface area contributed by atoms with Crippen LogP contribution in [-0.2, 0) is 29.3 Å². The third-order valence-corrected chi connectivity index (χ3v) is 6.39. The standard InChI is InChI=1S/C25H39N3O6.C5H10O2.C3H8.C2H6/c1-15(2)20(23(30)28(7)13-12-16(3)24(31)32)27-22(29)21(26-6)25(4,5)18-11-10-17(33-8)14-19(18)34-9;1-5(2,3)7-4-6;1-3-2;1-2/h10-12,14-15,20-21,26H,13H2,1-9H3,(H,27,29)(H,31,32);4H,1-3H3;3H2,1-2H3;1-2H3/b16-12+;;;. The van der Waals surface area contributed by atoms with Crippen molar-refractivity contribution in [1.29, 1.82) is 0 Å². The van der Waals surface area contributed by atoms with E-state index in [1.165, 1.54) is 24.3 Å². The van der Waals surface area contributed by atoms with Gasteiger partial charge in [-0.15, -0.1) is 0 Å². The number of carboxylic acid groups (broad SMARTS) is 1. The van der Waals surface area contributed by atoms with Gasteiger partial charge in [0.15, 0.2) is 0 Å². The molecule has 0 radical (unpaired) electrons. The summed E-state index contributed by atoms with van der Waals surface area (Å²) in [7, 11) is 6.41. The maximum absolute atomic E-state index is 13.4. The van der Waals surface area contributed by atoms with E-state index in [9.17, 15) is 19.2 Å². The Labute approximate surface area is 278 Å². The summed E-state index contributed by atoms with van der Waals surface area (Å²) in [6.45, 7) is 23.3. The number of nitrogens with one attached hydrogen (secondary N) is 2. The second-order valence-electron chi connectivity index (χ2n) is 12.2. The van der Waals surface area contributed by atoms with Gasteiger partial charge in [0, 0.05) is 36.2 Å². The van der Waals surface area contributed by atoms with Crippen LogP contribution < -0.4 is 20.1 Å². The summed E-state index contributed by atoms with van der Waals surface area (Å²) >= 11 is 0. The molecule has 0 bridgehead atoms. The summed E-state index contributed by atoms with van der Waals surface area (Å²) < 4.78 is 15.4. The summed E-state index contributed by atoms with van der Waals surface area (Å²) in [6, 6.07) is 3.99. The molecule has 3 N–H and O–H groups in total. The Morgan fingerprint density at radius 3 is 1.89 bits per heavy atom. The molecule has 2 unspecified atom stereocenters. The van der Waals surface area contributed by atoms with E-state index in [2.05, 4.69) is 29.2 Å². The van der Waals surface area contributed by atoms with Crippen molar-refractivity contribution in [3.8, 4) is 11.5 Å². The number of nitrogens with zero attached hydrogens (tertiary/aromatic N) is 1. The summed E-state index contributed by atoms with van der Waals surface area (Å²) in [4.78, 5) is 48.5. The highest BCUT2D eigenvalue weighted by Gasteiger charge is 2.39. The lowest BCUT2D eigenvalue weighted by molar-refractivity contribution is -0.138. The molecule has 11 heteroatoms. The normalized spacial score (nSPS) is 12.3. The maximum atomic E-state index is 13.4. The number of aliphatic carboxylic acids is 1. The Morgan fingerprint density at radius 2 is 1.54 bits per heavy atom. The number of carbonyl (C=O) groups excluding carboxylic acids is 3. The average molecular weight is 654 g/mol. The smallest absolute Gasteiger partial charge is 0.331 e. The van der Waals surface area contributed by atoms with Crippen molar-refractivity contribution in [1.82, 2.24) is 15.5 Å². The molecular formula is C35H63N3O8. The molecule has 0 heterocycles. The molecular weight excluding hydrogens is 590 g/mol. The quantitative estimate of drug-likeness (QED) is 0.183. The Kier molecular flexibility index (Phi) is 24.1. The molecule has 0 aromatic heterocycles. The molecule has 0 aliphatic carbocycles. The minimum absolute atomic E-state index is 0.125. The summed E-state index contributed by atoms with van der Waals surface area (Å²) in [5.41, 5.74) is -0.0601. The number of likely N-dealkylation sites (N-methyl/N-ethyl adjacent to an activating group) is 2. The van der Waals surface area contributed by atoms with E-state index < -0.39 is 23.5 Å². The van der Waals surface area contributed by atoms with Crippen LogP contribution in [0.5, 0.6) is 11.5 Å². The van der Waals surface area contributed by atoms with Gasteiger partial charge in [0.25, 0.3) is 6.47 Å². The fraction of sp³-hybridized carbons (Fsp3) is 0.657. The van der Waals surface area contributed by atoms with Gasteiger partial charge >= 0.3 is 5.97 Å². The molecule has 2 atom stereocenters. The second-order valence-corrected chi connectivity index (χ2v) is 12.2. The lowest BCUT2D eigenvalue weighted by Gasteiger charge is -2.36. The van der Waals surface area contributed by atoms with Gasteiger partial charge in [0.05, 0.1) is 20.3 Å². The number of benzene rings is 1. The Balaban J connectivity index is -0.00000131. The fourth-order valence-corrected chi connectivity index (χ4v) is 3.89. The number of carboxylic acids is 1. The van der Waals surface area contributed by atoms with E-state index in [1.807, 2.05) is 74.4 Å². The lowest BCUT2D eigenvalue weighted by Crippen LogP contribution is -2.59. The van der Waals surface area contributed by atoms with Gasteiger partial charge < -0.3 is 34.9 Å². The molecule has 46 heavy (non-hydrogen) atoms. The molecule has 266 valence electrons. The van der Waals surface area contributed by atoms with Crippen molar-refractivity contribution in [2.24, 2.45) is 5.92 Å². The predicted molar refractivity (Wildman–Crippen MR) is 185 cm³/mol. The van der Waals surface area contributed by atoms with Crippen LogP contribution in [0.3, 0.4) is 0 Å². The molecule has 0 saturated heterocycles. The topological polar surface area (TPSA) is 144 Å². The van der Waals surface area contributed by atoms with Crippen LogP contribution in [0.15, 0.2) is 29.8 Å². The highest BCUT2D eigenvalue weighted by atomic mass is 16.5. The maximum Gasteiger partial charge on any atom is 0.331 e. The SMILES string of the molecule is CC.CC(C)(C)OC=O.CCC.CNC(C(=O)NC(C(=O)N(C)C/C=C(\C)C(=O)O)C(C)C)C(C)(C)c1ccc(OC)cc1OC. The zero-order chi connectivity index (χ0) is 36.8. The Hall–Kier alpha value is -3.60. The summed E-state index contributed by atoms with van der Waals surface area (Å²) in [5, 5.41) is 15.0. The Bertz CT molecular complexity index is 1080. The Morgan fingerprint density at radius 1 is 1.02 bits per heavy atom. The van der Waals surface area contributed by atoms with E-state index in [4.69, 9.17) is 14.6 Å². The van der Waals surface area contributed by atoms with Gasteiger partial charge in [0.2, 0.25) is 11.8 Å². The van der Waals surface area contributed by atoms with Crippen LogP contribution in [0.2, 0.25) is 0 Å². The number of methoxy groups -OCH3 is 2. The highest BCUT2D eigenvalue weighted by Crippen LogP contribution is 2.37. The van der Waals surface area contributed by atoms with Crippen molar-refractivity contribution in [2.45, 2.75) is 113 Å². The van der Waals surface area contributed by atoms with Gasteiger partial charge in [-0.2, -0.15) is 0 Å². The van der Waals surface area contributed by atoms with Crippen molar-refractivity contribution in [3.63, 3.8) is 0 Å². The number of hydrogen-bond donors (Lipinski definition) is 3. The van der Waals surface area contributed by atoms with E-state index >= 15 is 0 Å². The average Bonchev–Trinajstić information content (AvgIpc) is 2.98.